The van der Waals surface area contributed by atoms with Gasteiger partial charge in [0, 0.05) is 24.5 Å². The number of likely N-dealkylation sites (N-methyl/N-ethyl adjacent to an activating group) is 1. The first-order valence-electron chi connectivity index (χ1n) is 7.01. The Bertz CT molecular complexity index is 206. The Kier molecular flexibility index (Phi) is 6.46. The first-order chi connectivity index (χ1) is 8.06. The van der Waals surface area contributed by atoms with E-state index in [1.807, 2.05) is 0 Å². The van der Waals surface area contributed by atoms with E-state index in [2.05, 4.69) is 53.7 Å². The van der Waals surface area contributed by atoms with Crippen molar-refractivity contribution in [3.63, 3.8) is 0 Å². The molecule has 1 atom stereocenters. The molecule has 1 saturated heterocycles. The first-order valence-corrected chi connectivity index (χ1v) is 8.13. The molecule has 1 rings (SSSR count). The zero-order valence-electron chi connectivity index (χ0n) is 12.0. The zero-order valence-corrected chi connectivity index (χ0v) is 13.6. The van der Waals surface area contributed by atoms with E-state index in [9.17, 15) is 0 Å². The molecule has 0 aromatic carbocycles. The summed E-state index contributed by atoms with van der Waals surface area (Å²) in [5.41, 5.74) is 0.480. The van der Waals surface area contributed by atoms with Crippen LogP contribution >= 0.6 is 15.9 Å². The molecule has 1 heterocycles. The van der Waals surface area contributed by atoms with Gasteiger partial charge in [0.15, 0.2) is 0 Å². The molecule has 1 unspecified atom stereocenters. The van der Waals surface area contributed by atoms with Crippen LogP contribution < -0.4 is 0 Å². The van der Waals surface area contributed by atoms with Gasteiger partial charge in [-0.25, -0.2) is 0 Å². The lowest BCUT2D eigenvalue weighted by atomic mass is 9.83. The Morgan fingerprint density at radius 2 is 1.94 bits per heavy atom. The molecule has 0 N–H and O–H groups in total. The summed E-state index contributed by atoms with van der Waals surface area (Å²) in [6, 6.07) is 0.755. The fourth-order valence-electron chi connectivity index (χ4n) is 2.78. The molecule has 0 aromatic heterocycles. The highest BCUT2D eigenvalue weighted by molar-refractivity contribution is 9.09. The SMILES string of the molecule is CCC(CC)(CBr)CN1CCCC(N(C)C)C1. The molecule has 0 saturated carbocycles. The maximum absolute atomic E-state index is 3.73. The maximum atomic E-state index is 3.73. The zero-order chi connectivity index (χ0) is 12.9. The largest absolute Gasteiger partial charge is 0.305 e. The van der Waals surface area contributed by atoms with Gasteiger partial charge in [-0.15, -0.1) is 0 Å². The summed E-state index contributed by atoms with van der Waals surface area (Å²) in [4.78, 5) is 5.07. The summed E-state index contributed by atoms with van der Waals surface area (Å²) < 4.78 is 0. The number of nitrogens with zero attached hydrogens (tertiary/aromatic N) is 2. The fraction of sp³-hybridized carbons (Fsp3) is 1.00. The lowest BCUT2D eigenvalue weighted by Gasteiger charge is -2.41. The van der Waals surface area contributed by atoms with Gasteiger partial charge in [-0.2, -0.15) is 0 Å². The minimum atomic E-state index is 0.480. The molecule has 0 radical (unpaired) electrons. The highest BCUT2D eigenvalue weighted by Gasteiger charge is 2.30. The van der Waals surface area contributed by atoms with Crippen LogP contribution in [0.1, 0.15) is 39.5 Å². The molecular weight excluding hydrogens is 276 g/mol. The van der Waals surface area contributed by atoms with E-state index < -0.39 is 0 Å². The second-order valence-corrected chi connectivity index (χ2v) is 6.40. The molecule has 1 aliphatic heterocycles. The molecular formula is C14H29BrN2. The third-order valence-corrected chi connectivity index (χ3v) is 5.74. The van der Waals surface area contributed by atoms with Crippen LogP contribution in [0.25, 0.3) is 0 Å². The number of hydrogen-bond donors (Lipinski definition) is 0. The van der Waals surface area contributed by atoms with Gasteiger partial charge in [0.1, 0.15) is 0 Å². The van der Waals surface area contributed by atoms with E-state index >= 15 is 0 Å². The van der Waals surface area contributed by atoms with E-state index in [1.165, 1.54) is 45.3 Å². The predicted octanol–water partition coefficient (Wildman–Crippen LogP) is 3.21. The lowest BCUT2D eigenvalue weighted by Crippen LogP contribution is -2.49. The Hall–Kier alpha value is 0.400. The van der Waals surface area contributed by atoms with Crippen molar-refractivity contribution in [1.29, 1.82) is 0 Å². The summed E-state index contributed by atoms with van der Waals surface area (Å²) in [6.45, 7) is 8.46. The Morgan fingerprint density at radius 1 is 1.29 bits per heavy atom. The molecule has 0 spiro atoms. The highest BCUT2D eigenvalue weighted by atomic mass is 79.9. The van der Waals surface area contributed by atoms with Crippen LogP contribution in [0.5, 0.6) is 0 Å². The summed E-state index contributed by atoms with van der Waals surface area (Å²) in [7, 11) is 4.43. The van der Waals surface area contributed by atoms with Gasteiger partial charge in [0.25, 0.3) is 0 Å². The van der Waals surface area contributed by atoms with E-state index in [1.54, 1.807) is 0 Å². The van der Waals surface area contributed by atoms with Gasteiger partial charge in [-0.1, -0.05) is 29.8 Å². The summed E-state index contributed by atoms with van der Waals surface area (Å²) in [5, 5.41) is 1.14. The number of alkyl halides is 1. The molecule has 3 heteroatoms. The second kappa shape index (κ2) is 7.10. The second-order valence-electron chi connectivity index (χ2n) is 5.84. The Labute approximate surface area is 116 Å². The minimum absolute atomic E-state index is 0.480. The van der Waals surface area contributed by atoms with Crippen LogP contribution in [0.15, 0.2) is 0 Å². The van der Waals surface area contributed by atoms with Crippen molar-refractivity contribution in [2.75, 3.05) is 39.1 Å². The predicted molar refractivity (Wildman–Crippen MR) is 80.0 cm³/mol. The van der Waals surface area contributed by atoms with Crippen molar-refractivity contribution in [2.24, 2.45) is 5.41 Å². The van der Waals surface area contributed by atoms with Crippen LogP contribution in [0.3, 0.4) is 0 Å². The molecule has 0 aliphatic carbocycles. The average Bonchev–Trinajstić information content (AvgIpc) is 2.36. The molecule has 0 aromatic rings. The van der Waals surface area contributed by atoms with Gasteiger partial charge >= 0.3 is 0 Å². The maximum Gasteiger partial charge on any atom is 0.0217 e. The number of hydrogen-bond acceptors (Lipinski definition) is 2. The average molecular weight is 305 g/mol. The quantitative estimate of drug-likeness (QED) is 0.695. The van der Waals surface area contributed by atoms with Gasteiger partial charge in [0.05, 0.1) is 0 Å². The number of rotatable bonds is 6. The Morgan fingerprint density at radius 3 is 2.41 bits per heavy atom. The lowest BCUT2D eigenvalue weighted by molar-refractivity contribution is 0.0891. The number of likely N-dealkylation sites (tertiary alicyclic amines) is 1. The van der Waals surface area contributed by atoms with Crippen LogP contribution in [-0.2, 0) is 0 Å². The van der Waals surface area contributed by atoms with Gasteiger partial charge < -0.3 is 9.80 Å². The smallest absolute Gasteiger partial charge is 0.0217 e. The molecule has 0 bridgehead atoms. The van der Waals surface area contributed by atoms with Gasteiger partial charge in [-0.3, -0.25) is 0 Å². The summed E-state index contributed by atoms with van der Waals surface area (Å²) in [6.07, 6.45) is 5.27. The van der Waals surface area contributed by atoms with Crippen molar-refractivity contribution in [3.8, 4) is 0 Å². The molecule has 102 valence electrons. The van der Waals surface area contributed by atoms with Crippen molar-refractivity contribution < 1.29 is 0 Å². The van der Waals surface area contributed by atoms with Crippen molar-refractivity contribution in [3.05, 3.63) is 0 Å². The first kappa shape index (κ1) is 15.5. The standard InChI is InChI=1S/C14H29BrN2/c1-5-14(6-2,11-15)12-17-9-7-8-13(10-17)16(3)4/h13H,5-12H2,1-4H3. The highest BCUT2D eigenvalue weighted by Crippen LogP contribution is 2.31. The van der Waals surface area contributed by atoms with E-state index in [0.29, 0.717) is 5.41 Å². The van der Waals surface area contributed by atoms with Crippen LogP contribution in [0.4, 0.5) is 0 Å². The monoisotopic (exact) mass is 304 g/mol. The van der Waals surface area contributed by atoms with E-state index in [0.717, 1.165) is 11.4 Å². The molecule has 2 nitrogen and oxygen atoms in total. The van der Waals surface area contributed by atoms with Crippen molar-refractivity contribution >= 4 is 15.9 Å². The normalized spacial score (nSPS) is 23.3. The molecule has 1 fully saturated rings. The minimum Gasteiger partial charge on any atom is -0.305 e. The third-order valence-electron chi connectivity index (χ3n) is 4.55. The summed E-state index contributed by atoms with van der Waals surface area (Å²) >= 11 is 3.73. The molecule has 1 aliphatic rings. The Balaban J connectivity index is 2.55. The van der Waals surface area contributed by atoms with Crippen molar-refractivity contribution in [2.45, 2.75) is 45.6 Å². The topological polar surface area (TPSA) is 6.48 Å². The number of piperidine rings is 1. The number of halogens is 1. The molecule has 17 heavy (non-hydrogen) atoms. The van der Waals surface area contributed by atoms with Gasteiger partial charge in [0.2, 0.25) is 0 Å². The van der Waals surface area contributed by atoms with Crippen LogP contribution in [-0.4, -0.2) is 54.9 Å². The van der Waals surface area contributed by atoms with Crippen molar-refractivity contribution in [1.82, 2.24) is 9.80 Å². The van der Waals surface area contributed by atoms with Crippen LogP contribution in [0, 0.1) is 5.41 Å². The van der Waals surface area contributed by atoms with E-state index in [-0.39, 0.29) is 0 Å². The van der Waals surface area contributed by atoms with Crippen LogP contribution in [0.2, 0.25) is 0 Å². The fourth-order valence-corrected chi connectivity index (χ4v) is 3.75. The van der Waals surface area contributed by atoms with E-state index in [4.69, 9.17) is 0 Å². The third kappa shape index (κ3) is 4.22. The molecule has 0 amide bonds. The van der Waals surface area contributed by atoms with Gasteiger partial charge in [-0.05, 0) is 51.7 Å². The summed E-state index contributed by atoms with van der Waals surface area (Å²) in [5.74, 6) is 0.